The lowest BCUT2D eigenvalue weighted by atomic mass is 9.90. The highest BCUT2D eigenvalue weighted by atomic mass is 19.1. The number of nitrogens with zero attached hydrogens (tertiary/aromatic N) is 1. The van der Waals surface area contributed by atoms with Crippen molar-refractivity contribution in [1.82, 2.24) is 10.2 Å². The first-order valence-electron chi connectivity index (χ1n) is 7.55. The second-order valence-electron chi connectivity index (χ2n) is 5.83. The van der Waals surface area contributed by atoms with Crippen LogP contribution >= 0.6 is 0 Å². The Bertz CT molecular complexity index is 392. The van der Waals surface area contributed by atoms with Gasteiger partial charge in [-0.1, -0.05) is 25.0 Å². The van der Waals surface area contributed by atoms with E-state index in [2.05, 4.69) is 10.2 Å². The Balaban J connectivity index is 1.83. The molecule has 1 atom stereocenters. The van der Waals surface area contributed by atoms with Crippen molar-refractivity contribution in [1.29, 1.82) is 0 Å². The van der Waals surface area contributed by atoms with E-state index in [1.165, 1.54) is 31.2 Å². The lowest BCUT2D eigenvalue weighted by Gasteiger charge is -2.38. The van der Waals surface area contributed by atoms with Gasteiger partial charge < -0.3 is 5.32 Å². The molecule has 1 saturated carbocycles. The fourth-order valence-corrected chi connectivity index (χ4v) is 3.67. The molecule has 2 fully saturated rings. The zero-order valence-corrected chi connectivity index (χ0v) is 11.4. The number of rotatable bonds is 3. The van der Waals surface area contributed by atoms with Crippen molar-refractivity contribution in [2.75, 3.05) is 26.2 Å². The zero-order chi connectivity index (χ0) is 13.1. The van der Waals surface area contributed by atoms with Crippen molar-refractivity contribution in [2.45, 2.75) is 31.7 Å². The summed E-state index contributed by atoms with van der Waals surface area (Å²) >= 11 is 0. The van der Waals surface area contributed by atoms with E-state index in [9.17, 15) is 4.39 Å². The van der Waals surface area contributed by atoms with Crippen LogP contribution in [-0.4, -0.2) is 31.1 Å². The first kappa shape index (κ1) is 13.1. The van der Waals surface area contributed by atoms with E-state index >= 15 is 0 Å². The minimum Gasteiger partial charge on any atom is -0.314 e. The standard InChI is InChI=1S/C16H23FN2/c17-15-7-5-14(6-8-15)16(13-3-1-2-4-13)19-11-9-18-10-12-19/h5-8,13,16,18H,1-4,9-12H2/t16-/m0/s1. The van der Waals surface area contributed by atoms with E-state index in [0.717, 1.165) is 32.1 Å². The lowest BCUT2D eigenvalue weighted by molar-refractivity contribution is 0.125. The van der Waals surface area contributed by atoms with Gasteiger partial charge in [-0.15, -0.1) is 0 Å². The minimum atomic E-state index is -0.130. The molecule has 0 bridgehead atoms. The van der Waals surface area contributed by atoms with Gasteiger partial charge in [0.15, 0.2) is 0 Å². The summed E-state index contributed by atoms with van der Waals surface area (Å²) in [5.41, 5.74) is 1.30. The topological polar surface area (TPSA) is 15.3 Å². The molecule has 0 radical (unpaired) electrons. The summed E-state index contributed by atoms with van der Waals surface area (Å²) in [4.78, 5) is 2.60. The fourth-order valence-electron chi connectivity index (χ4n) is 3.67. The average Bonchev–Trinajstić information content (AvgIpc) is 2.96. The Kier molecular flexibility index (Phi) is 4.14. The van der Waals surface area contributed by atoms with Crippen LogP contribution in [0.3, 0.4) is 0 Å². The fraction of sp³-hybridized carbons (Fsp3) is 0.625. The summed E-state index contributed by atoms with van der Waals surface area (Å²) in [6.07, 6.45) is 5.36. The molecule has 1 heterocycles. The van der Waals surface area contributed by atoms with Crippen LogP contribution in [0, 0.1) is 11.7 Å². The van der Waals surface area contributed by atoms with Gasteiger partial charge in [0.1, 0.15) is 5.82 Å². The van der Waals surface area contributed by atoms with Crippen LogP contribution in [0.5, 0.6) is 0 Å². The third-order valence-electron chi connectivity index (χ3n) is 4.60. The van der Waals surface area contributed by atoms with Crippen molar-refractivity contribution in [3.8, 4) is 0 Å². The number of halogens is 1. The monoisotopic (exact) mass is 262 g/mol. The molecule has 1 aliphatic carbocycles. The van der Waals surface area contributed by atoms with Gasteiger partial charge in [0.2, 0.25) is 0 Å². The SMILES string of the molecule is Fc1ccc([C@H](C2CCCC2)N2CCNCC2)cc1. The van der Waals surface area contributed by atoms with Gasteiger partial charge in [0, 0.05) is 32.2 Å². The first-order chi connectivity index (χ1) is 9.34. The van der Waals surface area contributed by atoms with E-state index < -0.39 is 0 Å². The summed E-state index contributed by atoms with van der Waals surface area (Å²) in [5, 5.41) is 3.42. The van der Waals surface area contributed by atoms with Crippen molar-refractivity contribution in [3.05, 3.63) is 35.6 Å². The van der Waals surface area contributed by atoms with E-state index in [4.69, 9.17) is 0 Å². The summed E-state index contributed by atoms with van der Waals surface area (Å²) in [6.45, 7) is 4.37. The molecule has 104 valence electrons. The molecule has 0 amide bonds. The molecular formula is C16H23FN2. The van der Waals surface area contributed by atoms with E-state index in [1.807, 2.05) is 12.1 Å². The normalized spacial score (nSPS) is 23.6. The Morgan fingerprint density at radius 1 is 1.05 bits per heavy atom. The van der Waals surface area contributed by atoms with Crippen LogP contribution < -0.4 is 5.32 Å². The quantitative estimate of drug-likeness (QED) is 0.901. The maximum absolute atomic E-state index is 13.1. The highest BCUT2D eigenvalue weighted by molar-refractivity contribution is 5.21. The van der Waals surface area contributed by atoms with Crippen LogP contribution in [0.2, 0.25) is 0 Å². The van der Waals surface area contributed by atoms with E-state index in [-0.39, 0.29) is 5.82 Å². The highest BCUT2D eigenvalue weighted by Gasteiger charge is 2.31. The maximum atomic E-state index is 13.1. The van der Waals surface area contributed by atoms with Gasteiger partial charge >= 0.3 is 0 Å². The van der Waals surface area contributed by atoms with Crippen LogP contribution in [-0.2, 0) is 0 Å². The summed E-state index contributed by atoms with van der Waals surface area (Å²) in [5.74, 6) is 0.623. The summed E-state index contributed by atoms with van der Waals surface area (Å²) in [6, 6.07) is 7.69. The largest absolute Gasteiger partial charge is 0.314 e. The van der Waals surface area contributed by atoms with Crippen molar-refractivity contribution in [3.63, 3.8) is 0 Å². The van der Waals surface area contributed by atoms with Crippen LogP contribution in [0.15, 0.2) is 24.3 Å². The van der Waals surface area contributed by atoms with Gasteiger partial charge in [-0.05, 0) is 36.5 Å². The molecule has 0 spiro atoms. The molecular weight excluding hydrogens is 239 g/mol. The van der Waals surface area contributed by atoms with Crippen molar-refractivity contribution in [2.24, 2.45) is 5.92 Å². The third kappa shape index (κ3) is 2.98. The number of hydrogen-bond donors (Lipinski definition) is 1. The Morgan fingerprint density at radius 3 is 2.32 bits per heavy atom. The minimum absolute atomic E-state index is 0.130. The molecule has 1 aliphatic heterocycles. The molecule has 1 aromatic rings. The average molecular weight is 262 g/mol. The molecule has 0 unspecified atom stereocenters. The molecule has 1 N–H and O–H groups in total. The molecule has 0 aromatic heterocycles. The van der Waals surface area contributed by atoms with Gasteiger partial charge in [-0.3, -0.25) is 4.90 Å². The molecule has 19 heavy (non-hydrogen) atoms. The van der Waals surface area contributed by atoms with Crippen molar-refractivity contribution < 1.29 is 4.39 Å². The molecule has 2 aliphatic rings. The summed E-state index contributed by atoms with van der Waals surface area (Å²) < 4.78 is 13.1. The van der Waals surface area contributed by atoms with Crippen LogP contribution in [0.4, 0.5) is 4.39 Å². The molecule has 3 heteroatoms. The van der Waals surface area contributed by atoms with Crippen molar-refractivity contribution >= 4 is 0 Å². The second kappa shape index (κ2) is 6.02. The second-order valence-corrected chi connectivity index (χ2v) is 5.83. The Labute approximate surface area is 115 Å². The Morgan fingerprint density at radius 2 is 1.68 bits per heavy atom. The van der Waals surface area contributed by atoms with Gasteiger partial charge in [0.25, 0.3) is 0 Å². The number of hydrogen-bond acceptors (Lipinski definition) is 2. The maximum Gasteiger partial charge on any atom is 0.123 e. The predicted molar refractivity (Wildman–Crippen MR) is 75.5 cm³/mol. The molecule has 2 nitrogen and oxygen atoms in total. The smallest absolute Gasteiger partial charge is 0.123 e. The van der Waals surface area contributed by atoms with Crippen LogP contribution in [0.1, 0.15) is 37.3 Å². The summed E-state index contributed by atoms with van der Waals surface area (Å²) in [7, 11) is 0. The van der Waals surface area contributed by atoms with E-state index in [0.29, 0.717) is 6.04 Å². The predicted octanol–water partition coefficient (Wildman–Crippen LogP) is 2.96. The number of benzene rings is 1. The van der Waals surface area contributed by atoms with Gasteiger partial charge in [0.05, 0.1) is 0 Å². The molecule has 1 saturated heterocycles. The van der Waals surface area contributed by atoms with Gasteiger partial charge in [-0.2, -0.15) is 0 Å². The number of piperazine rings is 1. The van der Waals surface area contributed by atoms with Crippen LogP contribution in [0.25, 0.3) is 0 Å². The molecule has 1 aromatic carbocycles. The Hall–Kier alpha value is -0.930. The zero-order valence-electron chi connectivity index (χ0n) is 11.4. The highest BCUT2D eigenvalue weighted by Crippen LogP contribution is 2.39. The lowest BCUT2D eigenvalue weighted by Crippen LogP contribution is -2.46. The molecule has 3 rings (SSSR count). The number of nitrogens with one attached hydrogen (secondary N) is 1. The van der Waals surface area contributed by atoms with Gasteiger partial charge in [-0.25, -0.2) is 4.39 Å². The third-order valence-corrected chi connectivity index (χ3v) is 4.60. The first-order valence-corrected chi connectivity index (χ1v) is 7.55. The van der Waals surface area contributed by atoms with E-state index in [1.54, 1.807) is 12.1 Å².